The second kappa shape index (κ2) is 8.29. The number of nitrogens with zero attached hydrogens (tertiary/aromatic N) is 2. The van der Waals surface area contributed by atoms with E-state index in [1.165, 1.54) is 6.07 Å². The zero-order valence-corrected chi connectivity index (χ0v) is 15.2. The van der Waals surface area contributed by atoms with Gasteiger partial charge in [-0.05, 0) is 31.3 Å². The van der Waals surface area contributed by atoms with E-state index in [0.29, 0.717) is 23.5 Å². The first kappa shape index (κ1) is 18.4. The van der Waals surface area contributed by atoms with Crippen molar-refractivity contribution in [3.8, 4) is 0 Å². The fourth-order valence-corrected chi connectivity index (χ4v) is 3.07. The van der Waals surface area contributed by atoms with Crippen molar-refractivity contribution in [1.82, 2.24) is 4.90 Å². The molecule has 26 heavy (non-hydrogen) atoms. The van der Waals surface area contributed by atoms with Gasteiger partial charge in [0.05, 0.1) is 12.3 Å². The molecule has 3 rings (SSSR count). The Balaban J connectivity index is 1.74. The normalized spacial score (nSPS) is 15.1. The molecule has 1 saturated heterocycles. The van der Waals surface area contributed by atoms with Gasteiger partial charge in [-0.25, -0.2) is 4.39 Å². The average Bonchev–Trinajstić information content (AvgIpc) is 2.64. The van der Waals surface area contributed by atoms with Crippen LogP contribution in [0.5, 0.6) is 0 Å². The van der Waals surface area contributed by atoms with Crippen molar-refractivity contribution in [3.63, 3.8) is 0 Å². The van der Waals surface area contributed by atoms with Crippen LogP contribution in [0.25, 0.3) is 0 Å². The van der Waals surface area contributed by atoms with E-state index in [4.69, 9.17) is 4.74 Å². The van der Waals surface area contributed by atoms with Crippen LogP contribution in [-0.4, -0.2) is 51.1 Å². The van der Waals surface area contributed by atoms with Gasteiger partial charge in [0.2, 0.25) is 0 Å². The number of nitrogens with one attached hydrogen (secondary N) is 1. The summed E-state index contributed by atoms with van der Waals surface area (Å²) >= 11 is 0. The van der Waals surface area contributed by atoms with Gasteiger partial charge < -0.3 is 19.9 Å². The highest BCUT2D eigenvalue weighted by Gasteiger charge is 2.19. The Labute approximate surface area is 153 Å². The van der Waals surface area contributed by atoms with Gasteiger partial charge in [-0.2, -0.15) is 0 Å². The van der Waals surface area contributed by atoms with Gasteiger partial charge in [0.15, 0.2) is 0 Å². The van der Waals surface area contributed by atoms with E-state index in [9.17, 15) is 9.18 Å². The van der Waals surface area contributed by atoms with Gasteiger partial charge >= 0.3 is 0 Å². The van der Waals surface area contributed by atoms with Crippen molar-refractivity contribution in [1.29, 1.82) is 0 Å². The molecule has 1 heterocycles. The van der Waals surface area contributed by atoms with Crippen LogP contribution in [0.1, 0.15) is 15.9 Å². The highest BCUT2D eigenvalue weighted by Crippen LogP contribution is 2.23. The van der Waals surface area contributed by atoms with Gasteiger partial charge in [-0.3, -0.25) is 4.79 Å². The summed E-state index contributed by atoms with van der Waals surface area (Å²) in [7, 11) is 3.66. The highest BCUT2D eigenvalue weighted by molar-refractivity contribution is 6.04. The lowest BCUT2D eigenvalue weighted by atomic mass is 10.1. The van der Waals surface area contributed by atoms with Crippen molar-refractivity contribution in [2.75, 3.05) is 50.6 Å². The molecular formula is C20H24FN3O2. The van der Waals surface area contributed by atoms with Crippen molar-refractivity contribution in [2.24, 2.45) is 0 Å². The number of carbonyl (C=O) groups excluding carboxylic acids is 1. The van der Waals surface area contributed by atoms with E-state index >= 15 is 0 Å². The molecule has 0 radical (unpaired) electrons. The molecule has 1 aliphatic rings. The largest absolute Gasteiger partial charge is 0.380 e. The molecule has 138 valence electrons. The maximum absolute atomic E-state index is 14.6. The number of halogens is 1. The zero-order chi connectivity index (χ0) is 18.5. The first-order chi connectivity index (χ1) is 12.6. The van der Waals surface area contributed by atoms with Gasteiger partial charge in [0, 0.05) is 50.1 Å². The van der Waals surface area contributed by atoms with Crippen molar-refractivity contribution >= 4 is 17.3 Å². The molecule has 0 atom stereocenters. The van der Waals surface area contributed by atoms with Gasteiger partial charge in [-0.1, -0.05) is 18.2 Å². The van der Waals surface area contributed by atoms with Crippen molar-refractivity contribution < 1.29 is 13.9 Å². The molecule has 0 bridgehead atoms. The average molecular weight is 357 g/mol. The predicted octanol–water partition coefficient (Wildman–Crippen LogP) is 2.98. The van der Waals surface area contributed by atoms with Crippen LogP contribution >= 0.6 is 0 Å². The molecule has 1 amide bonds. The SMILES string of the molecule is COCc1ccccc1NC(=O)c1ccc(N2CCN(C)CC2)c(F)c1. The van der Waals surface area contributed by atoms with E-state index in [1.54, 1.807) is 25.3 Å². The molecule has 1 aliphatic heterocycles. The topological polar surface area (TPSA) is 44.8 Å². The standard InChI is InChI=1S/C20H24FN3O2/c1-23-9-11-24(12-10-23)19-8-7-15(13-17(19)21)20(25)22-18-6-4-3-5-16(18)14-26-2/h3-8,13H,9-12,14H2,1-2H3,(H,22,25). The fourth-order valence-electron chi connectivity index (χ4n) is 3.07. The number of piperazine rings is 1. The Morgan fingerprint density at radius 1 is 1.15 bits per heavy atom. The molecule has 0 aromatic heterocycles. The van der Waals surface area contributed by atoms with Crippen LogP contribution in [0.2, 0.25) is 0 Å². The molecule has 1 N–H and O–H groups in total. The molecular weight excluding hydrogens is 333 g/mol. The number of ether oxygens (including phenoxy) is 1. The van der Waals surface area contributed by atoms with E-state index < -0.39 is 0 Å². The van der Waals surface area contributed by atoms with Crippen LogP contribution in [0.4, 0.5) is 15.8 Å². The second-order valence-corrected chi connectivity index (χ2v) is 6.50. The number of carbonyl (C=O) groups is 1. The summed E-state index contributed by atoms with van der Waals surface area (Å²) in [5, 5.41) is 2.84. The minimum Gasteiger partial charge on any atom is -0.380 e. The maximum atomic E-state index is 14.6. The number of hydrogen-bond donors (Lipinski definition) is 1. The number of anilines is 2. The fraction of sp³-hybridized carbons (Fsp3) is 0.350. The molecule has 0 aliphatic carbocycles. The smallest absolute Gasteiger partial charge is 0.255 e. The summed E-state index contributed by atoms with van der Waals surface area (Å²) in [5.74, 6) is -0.704. The highest BCUT2D eigenvalue weighted by atomic mass is 19.1. The minimum atomic E-state index is -0.368. The molecule has 0 unspecified atom stereocenters. The number of para-hydroxylation sites is 1. The van der Waals surface area contributed by atoms with Crippen LogP contribution in [0.3, 0.4) is 0 Å². The second-order valence-electron chi connectivity index (χ2n) is 6.50. The number of hydrogen-bond acceptors (Lipinski definition) is 4. The van der Waals surface area contributed by atoms with Crippen molar-refractivity contribution in [2.45, 2.75) is 6.61 Å². The summed E-state index contributed by atoms with van der Waals surface area (Å²) in [6, 6.07) is 12.1. The Morgan fingerprint density at radius 2 is 1.88 bits per heavy atom. The lowest BCUT2D eigenvalue weighted by Crippen LogP contribution is -2.44. The van der Waals surface area contributed by atoms with Crippen LogP contribution < -0.4 is 10.2 Å². The Kier molecular flexibility index (Phi) is 5.85. The molecule has 5 nitrogen and oxygen atoms in total. The first-order valence-corrected chi connectivity index (χ1v) is 8.69. The molecule has 1 fully saturated rings. The number of benzene rings is 2. The zero-order valence-electron chi connectivity index (χ0n) is 15.2. The quantitative estimate of drug-likeness (QED) is 0.894. The summed E-state index contributed by atoms with van der Waals surface area (Å²) in [6.45, 7) is 3.76. The Morgan fingerprint density at radius 3 is 2.58 bits per heavy atom. The maximum Gasteiger partial charge on any atom is 0.255 e. The molecule has 0 spiro atoms. The van der Waals surface area contributed by atoms with E-state index in [0.717, 1.165) is 31.7 Å². The third-order valence-electron chi connectivity index (χ3n) is 4.62. The summed E-state index contributed by atoms with van der Waals surface area (Å²) in [5.41, 5.74) is 2.39. The third kappa shape index (κ3) is 4.20. The third-order valence-corrected chi connectivity index (χ3v) is 4.62. The Hall–Kier alpha value is -2.44. The minimum absolute atomic E-state index is 0.299. The molecule has 2 aromatic rings. The van der Waals surface area contributed by atoms with Crippen LogP contribution in [0.15, 0.2) is 42.5 Å². The van der Waals surface area contributed by atoms with Crippen LogP contribution in [0, 0.1) is 5.82 Å². The monoisotopic (exact) mass is 357 g/mol. The lowest BCUT2D eigenvalue weighted by Gasteiger charge is -2.34. The van der Waals surface area contributed by atoms with Crippen molar-refractivity contribution in [3.05, 3.63) is 59.4 Å². The first-order valence-electron chi connectivity index (χ1n) is 8.69. The lowest BCUT2D eigenvalue weighted by molar-refractivity contribution is 0.102. The predicted molar refractivity (Wildman–Crippen MR) is 101 cm³/mol. The van der Waals surface area contributed by atoms with E-state index in [1.807, 2.05) is 23.1 Å². The van der Waals surface area contributed by atoms with E-state index in [2.05, 4.69) is 17.3 Å². The summed E-state index contributed by atoms with van der Waals surface area (Å²) in [4.78, 5) is 16.7. The van der Waals surface area contributed by atoms with Gasteiger partial charge in [-0.15, -0.1) is 0 Å². The molecule has 2 aromatic carbocycles. The van der Waals surface area contributed by atoms with Gasteiger partial charge in [0.1, 0.15) is 5.82 Å². The van der Waals surface area contributed by atoms with E-state index in [-0.39, 0.29) is 11.7 Å². The summed E-state index contributed by atoms with van der Waals surface area (Å²) < 4.78 is 19.7. The number of rotatable bonds is 5. The number of methoxy groups -OCH3 is 1. The molecule has 6 heteroatoms. The molecule has 0 saturated carbocycles. The van der Waals surface area contributed by atoms with Crippen LogP contribution in [-0.2, 0) is 11.3 Å². The summed E-state index contributed by atoms with van der Waals surface area (Å²) in [6.07, 6.45) is 0. The number of likely N-dealkylation sites (N-methyl/N-ethyl adjacent to an activating group) is 1. The Bertz CT molecular complexity index is 773. The number of amides is 1. The van der Waals surface area contributed by atoms with Gasteiger partial charge in [0.25, 0.3) is 5.91 Å².